The Morgan fingerprint density at radius 2 is 1.59 bits per heavy atom. The molecule has 0 radical (unpaired) electrons. The molecular formula is C23H19ClN4O3S. The van der Waals surface area contributed by atoms with Gasteiger partial charge in [-0.05, 0) is 36.4 Å². The van der Waals surface area contributed by atoms with E-state index >= 15 is 0 Å². The normalized spacial score (nSPS) is 14.8. The third-order valence-electron chi connectivity index (χ3n) is 5.31. The van der Waals surface area contributed by atoms with E-state index in [0.29, 0.717) is 29.6 Å². The Balaban J connectivity index is 1.24. The molecule has 0 amide bonds. The monoisotopic (exact) mass is 466 g/mol. The van der Waals surface area contributed by atoms with Crippen LogP contribution in [0.4, 0.5) is 0 Å². The number of hydrogen-bond donors (Lipinski definition) is 0. The van der Waals surface area contributed by atoms with Gasteiger partial charge in [-0.15, -0.1) is 5.10 Å². The van der Waals surface area contributed by atoms with E-state index in [4.69, 9.17) is 16.3 Å². The zero-order valence-electron chi connectivity index (χ0n) is 16.9. The van der Waals surface area contributed by atoms with Crippen molar-refractivity contribution in [2.45, 2.75) is 10.9 Å². The molecule has 0 aliphatic carbocycles. The molecule has 2 heterocycles. The highest BCUT2D eigenvalue weighted by molar-refractivity contribution is 7.89. The summed E-state index contributed by atoms with van der Waals surface area (Å²) < 4.78 is 34.8. The van der Waals surface area contributed by atoms with Gasteiger partial charge in [0.1, 0.15) is 17.2 Å². The van der Waals surface area contributed by atoms with Crippen molar-refractivity contribution in [3.05, 3.63) is 90.1 Å². The standard InChI is InChI=1S/C23H19ClN4O3S/c24-21-8-4-5-9-23(21)31-19-10-12-20(13-11-19)32(29,30)27-14-18(15-27)28-16-22(25-26-28)17-6-2-1-3-7-17/h1-13,16,18H,14-15H2. The first kappa shape index (κ1) is 20.7. The Bertz CT molecular complexity index is 1340. The molecule has 1 aliphatic rings. The smallest absolute Gasteiger partial charge is 0.243 e. The number of sulfonamides is 1. The Labute approximate surface area is 190 Å². The number of hydrogen-bond acceptors (Lipinski definition) is 5. The first-order valence-electron chi connectivity index (χ1n) is 10.0. The minimum absolute atomic E-state index is 0.0439. The largest absolute Gasteiger partial charge is 0.456 e. The van der Waals surface area contributed by atoms with Gasteiger partial charge in [0.2, 0.25) is 10.0 Å². The van der Waals surface area contributed by atoms with Gasteiger partial charge in [0.15, 0.2) is 0 Å². The predicted octanol–water partition coefficient (Wildman–Crippen LogP) is 4.64. The number of rotatable bonds is 6. The van der Waals surface area contributed by atoms with E-state index in [1.807, 2.05) is 48.7 Å². The minimum atomic E-state index is -3.60. The summed E-state index contributed by atoms with van der Waals surface area (Å²) in [6, 6.07) is 23.1. The lowest BCUT2D eigenvalue weighted by molar-refractivity contribution is 0.189. The summed E-state index contributed by atoms with van der Waals surface area (Å²) in [7, 11) is -3.60. The van der Waals surface area contributed by atoms with Gasteiger partial charge in [-0.1, -0.05) is 59.3 Å². The molecule has 0 atom stereocenters. The fourth-order valence-electron chi connectivity index (χ4n) is 3.46. The molecule has 0 unspecified atom stereocenters. The van der Waals surface area contributed by atoms with Crippen molar-refractivity contribution in [3.8, 4) is 22.8 Å². The summed E-state index contributed by atoms with van der Waals surface area (Å²) in [6.45, 7) is 0.690. The second-order valence-electron chi connectivity index (χ2n) is 7.43. The fourth-order valence-corrected chi connectivity index (χ4v) is 5.15. The number of para-hydroxylation sites is 1. The topological polar surface area (TPSA) is 77.3 Å². The van der Waals surface area contributed by atoms with Crippen LogP contribution in [0.25, 0.3) is 11.3 Å². The fraction of sp³-hybridized carbons (Fsp3) is 0.130. The summed E-state index contributed by atoms with van der Waals surface area (Å²) >= 11 is 6.11. The molecule has 1 fully saturated rings. The molecule has 5 rings (SSSR count). The van der Waals surface area contributed by atoms with Crippen molar-refractivity contribution in [3.63, 3.8) is 0 Å². The van der Waals surface area contributed by atoms with Crippen molar-refractivity contribution >= 4 is 21.6 Å². The number of aromatic nitrogens is 3. The first-order valence-corrected chi connectivity index (χ1v) is 11.8. The van der Waals surface area contributed by atoms with Crippen LogP contribution in [0.2, 0.25) is 5.02 Å². The quantitative estimate of drug-likeness (QED) is 0.414. The maximum absolute atomic E-state index is 13.0. The molecule has 0 spiro atoms. The van der Waals surface area contributed by atoms with Crippen LogP contribution < -0.4 is 4.74 Å². The van der Waals surface area contributed by atoms with Crippen molar-refractivity contribution in [2.24, 2.45) is 0 Å². The molecule has 0 N–H and O–H groups in total. The van der Waals surface area contributed by atoms with Crippen molar-refractivity contribution in [2.75, 3.05) is 13.1 Å². The summed E-state index contributed by atoms with van der Waals surface area (Å²) in [5.41, 5.74) is 1.74. The molecule has 3 aromatic carbocycles. The molecule has 4 aromatic rings. The highest BCUT2D eigenvalue weighted by Gasteiger charge is 2.38. The Hall–Kier alpha value is -3.20. The zero-order valence-corrected chi connectivity index (χ0v) is 18.4. The summed E-state index contributed by atoms with van der Waals surface area (Å²) in [6.07, 6.45) is 1.85. The number of halogens is 1. The molecular weight excluding hydrogens is 448 g/mol. The average Bonchev–Trinajstić information content (AvgIpc) is 3.25. The lowest BCUT2D eigenvalue weighted by Crippen LogP contribution is -2.50. The zero-order chi connectivity index (χ0) is 22.1. The van der Waals surface area contributed by atoms with Crippen LogP contribution in [-0.4, -0.2) is 40.8 Å². The predicted molar refractivity (Wildman–Crippen MR) is 121 cm³/mol. The van der Waals surface area contributed by atoms with Crippen LogP contribution in [0.1, 0.15) is 6.04 Å². The molecule has 32 heavy (non-hydrogen) atoms. The second-order valence-corrected chi connectivity index (χ2v) is 9.77. The molecule has 0 bridgehead atoms. The van der Waals surface area contributed by atoms with Crippen LogP contribution in [-0.2, 0) is 10.0 Å². The third kappa shape index (κ3) is 4.00. The lowest BCUT2D eigenvalue weighted by atomic mass is 10.1. The van der Waals surface area contributed by atoms with Crippen molar-refractivity contribution in [1.82, 2.24) is 19.3 Å². The Morgan fingerprint density at radius 1 is 0.906 bits per heavy atom. The van der Waals surface area contributed by atoms with Gasteiger partial charge in [0.05, 0.1) is 22.2 Å². The number of ether oxygens (including phenoxy) is 1. The molecule has 9 heteroatoms. The van der Waals surface area contributed by atoms with E-state index < -0.39 is 10.0 Å². The third-order valence-corrected chi connectivity index (χ3v) is 7.47. The van der Waals surface area contributed by atoms with E-state index in [0.717, 1.165) is 11.3 Å². The van der Waals surface area contributed by atoms with Crippen LogP contribution in [0.5, 0.6) is 11.5 Å². The van der Waals surface area contributed by atoms with Gasteiger partial charge in [0, 0.05) is 18.7 Å². The van der Waals surface area contributed by atoms with E-state index in [2.05, 4.69) is 10.3 Å². The average molecular weight is 467 g/mol. The first-order chi connectivity index (χ1) is 15.5. The van der Waals surface area contributed by atoms with Gasteiger partial charge in [0.25, 0.3) is 0 Å². The SMILES string of the molecule is O=S(=O)(c1ccc(Oc2ccccc2Cl)cc1)N1CC(n2cc(-c3ccccc3)nn2)C1. The van der Waals surface area contributed by atoms with Gasteiger partial charge in [-0.3, -0.25) is 0 Å². The summed E-state index contributed by atoms with van der Waals surface area (Å²) in [4.78, 5) is 0.214. The Morgan fingerprint density at radius 3 is 2.31 bits per heavy atom. The molecule has 0 saturated carbocycles. The van der Waals surface area contributed by atoms with E-state index in [1.165, 1.54) is 16.4 Å². The molecule has 1 aromatic heterocycles. The highest BCUT2D eigenvalue weighted by Crippen LogP contribution is 2.32. The number of benzene rings is 3. The maximum Gasteiger partial charge on any atom is 0.243 e. The van der Waals surface area contributed by atoms with Crippen LogP contribution in [0.15, 0.2) is 90.0 Å². The summed E-state index contributed by atoms with van der Waals surface area (Å²) in [5.74, 6) is 1.02. The van der Waals surface area contributed by atoms with E-state index in [-0.39, 0.29) is 10.9 Å². The van der Waals surface area contributed by atoms with Crippen LogP contribution in [0.3, 0.4) is 0 Å². The summed E-state index contributed by atoms with van der Waals surface area (Å²) in [5, 5.41) is 8.87. The molecule has 1 saturated heterocycles. The maximum atomic E-state index is 13.0. The van der Waals surface area contributed by atoms with Crippen LogP contribution in [0, 0.1) is 0 Å². The van der Waals surface area contributed by atoms with Crippen molar-refractivity contribution in [1.29, 1.82) is 0 Å². The van der Waals surface area contributed by atoms with Gasteiger partial charge < -0.3 is 4.74 Å². The Kier molecular flexibility index (Phi) is 5.42. The van der Waals surface area contributed by atoms with E-state index in [9.17, 15) is 8.42 Å². The van der Waals surface area contributed by atoms with Gasteiger partial charge in [-0.25, -0.2) is 13.1 Å². The minimum Gasteiger partial charge on any atom is -0.456 e. The van der Waals surface area contributed by atoms with Gasteiger partial charge >= 0.3 is 0 Å². The lowest BCUT2D eigenvalue weighted by Gasteiger charge is -2.37. The second kappa shape index (κ2) is 8.38. The molecule has 7 nitrogen and oxygen atoms in total. The number of nitrogens with zero attached hydrogens (tertiary/aromatic N) is 4. The highest BCUT2D eigenvalue weighted by atomic mass is 35.5. The molecule has 1 aliphatic heterocycles. The van der Waals surface area contributed by atoms with Crippen LogP contribution >= 0.6 is 11.6 Å². The molecule has 162 valence electrons. The van der Waals surface area contributed by atoms with Crippen molar-refractivity contribution < 1.29 is 13.2 Å². The van der Waals surface area contributed by atoms with E-state index in [1.54, 1.807) is 28.9 Å². The van der Waals surface area contributed by atoms with Gasteiger partial charge in [-0.2, -0.15) is 4.31 Å².